The number of fused-ring (bicyclic) bond motifs is 1. The topological polar surface area (TPSA) is 90.2 Å². The van der Waals surface area contributed by atoms with Gasteiger partial charge in [0.05, 0.1) is 11.8 Å². The molecule has 0 unspecified atom stereocenters. The lowest BCUT2D eigenvalue weighted by Crippen LogP contribution is -2.31. The van der Waals surface area contributed by atoms with E-state index in [0.717, 1.165) is 5.56 Å². The molecule has 20 heavy (non-hydrogen) atoms. The molecule has 0 amide bonds. The van der Waals surface area contributed by atoms with Gasteiger partial charge >= 0.3 is 0 Å². The number of hydrogen-bond donors (Lipinski definition) is 2. The molecule has 0 aliphatic carbocycles. The maximum atomic E-state index is 11.5. The first-order valence-electron chi connectivity index (χ1n) is 6.17. The zero-order valence-electron chi connectivity index (χ0n) is 11.3. The van der Waals surface area contributed by atoms with Crippen molar-refractivity contribution in [2.45, 2.75) is 25.2 Å². The summed E-state index contributed by atoms with van der Waals surface area (Å²) in [4.78, 5) is -0.136. The van der Waals surface area contributed by atoms with E-state index >= 15 is 0 Å². The highest BCUT2D eigenvalue weighted by Crippen LogP contribution is 2.37. The van der Waals surface area contributed by atoms with Gasteiger partial charge in [-0.1, -0.05) is 13.8 Å². The van der Waals surface area contributed by atoms with Gasteiger partial charge in [0, 0.05) is 12.6 Å². The highest BCUT2D eigenvalue weighted by atomic mass is 32.2. The number of anilines is 1. The van der Waals surface area contributed by atoms with Crippen LogP contribution in [-0.2, 0) is 16.5 Å². The van der Waals surface area contributed by atoms with Crippen molar-refractivity contribution in [2.75, 3.05) is 11.9 Å². The summed E-state index contributed by atoms with van der Waals surface area (Å²) in [5.74, 6) is 0. The molecule has 2 N–H and O–H groups in total. The minimum atomic E-state index is -4.31. The van der Waals surface area contributed by atoms with Gasteiger partial charge < -0.3 is 5.32 Å². The molecule has 0 fully saturated rings. The summed E-state index contributed by atoms with van der Waals surface area (Å²) in [6.45, 7) is 4.79. The molecule has 0 spiro atoms. The molecule has 1 aromatic rings. The van der Waals surface area contributed by atoms with E-state index in [1.807, 2.05) is 12.1 Å². The van der Waals surface area contributed by atoms with Crippen molar-refractivity contribution in [1.29, 1.82) is 5.26 Å². The maximum Gasteiger partial charge on any atom is 0.296 e. The van der Waals surface area contributed by atoms with Crippen LogP contribution in [0.25, 0.3) is 6.08 Å². The molecule has 1 aromatic carbocycles. The van der Waals surface area contributed by atoms with Crippen LogP contribution < -0.4 is 5.32 Å². The summed E-state index contributed by atoms with van der Waals surface area (Å²) in [6.07, 6.45) is 3.50. The average Bonchev–Trinajstić information content (AvgIpc) is 2.32. The highest BCUT2D eigenvalue weighted by Gasteiger charge is 2.29. The SMILES string of the molecule is CC1(C)CNc2c(cc(C=CC#N)cc2S(=O)(=O)O)C1. The largest absolute Gasteiger partial charge is 0.383 e. The number of hydrogen-bond acceptors (Lipinski definition) is 4. The number of benzene rings is 1. The molecule has 0 aromatic heterocycles. The van der Waals surface area contributed by atoms with E-state index in [4.69, 9.17) is 5.26 Å². The molecule has 0 saturated carbocycles. The van der Waals surface area contributed by atoms with Gasteiger partial charge in [-0.3, -0.25) is 4.55 Å². The third kappa shape index (κ3) is 3.00. The Balaban J connectivity index is 2.64. The molecule has 1 aliphatic rings. The van der Waals surface area contributed by atoms with Gasteiger partial charge in [0.15, 0.2) is 0 Å². The lowest BCUT2D eigenvalue weighted by molar-refractivity contribution is 0.377. The lowest BCUT2D eigenvalue weighted by Gasteiger charge is -2.33. The predicted octanol–water partition coefficient (Wildman–Crippen LogP) is 2.46. The fourth-order valence-electron chi connectivity index (χ4n) is 2.38. The predicted molar refractivity (Wildman–Crippen MR) is 76.9 cm³/mol. The molecule has 0 radical (unpaired) electrons. The Morgan fingerprint density at radius 1 is 1.45 bits per heavy atom. The van der Waals surface area contributed by atoms with Crippen molar-refractivity contribution < 1.29 is 13.0 Å². The van der Waals surface area contributed by atoms with Crippen molar-refractivity contribution in [3.63, 3.8) is 0 Å². The maximum absolute atomic E-state index is 11.5. The van der Waals surface area contributed by atoms with Gasteiger partial charge in [0.2, 0.25) is 0 Å². The number of allylic oxidation sites excluding steroid dienone is 1. The molecule has 1 aliphatic heterocycles. The fourth-order valence-corrected chi connectivity index (χ4v) is 3.12. The normalized spacial score (nSPS) is 17.3. The Bertz CT molecular complexity index is 713. The molecule has 0 atom stereocenters. The van der Waals surface area contributed by atoms with Gasteiger partial charge in [-0.05, 0) is 41.2 Å². The van der Waals surface area contributed by atoms with E-state index in [0.29, 0.717) is 24.2 Å². The molecular weight excluding hydrogens is 276 g/mol. The first-order valence-corrected chi connectivity index (χ1v) is 7.61. The van der Waals surface area contributed by atoms with Crippen molar-refractivity contribution in [2.24, 2.45) is 5.41 Å². The number of nitrogens with zero attached hydrogens (tertiary/aromatic N) is 1. The van der Waals surface area contributed by atoms with E-state index < -0.39 is 10.1 Å². The molecule has 1 heterocycles. The first-order chi connectivity index (χ1) is 9.23. The molecule has 2 rings (SSSR count). The summed E-state index contributed by atoms with van der Waals surface area (Å²) < 4.78 is 32.4. The minimum Gasteiger partial charge on any atom is -0.383 e. The van der Waals surface area contributed by atoms with Gasteiger partial charge in [-0.25, -0.2) is 0 Å². The average molecular weight is 292 g/mol. The standard InChI is InChI=1S/C14H16N2O3S/c1-14(2)8-11-6-10(4-3-5-15)7-12(20(17,18)19)13(11)16-9-14/h3-4,6-7,16H,8-9H2,1-2H3,(H,17,18,19). The summed E-state index contributed by atoms with van der Waals surface area (Å²) >= 11 is 0. The van der Waals surface area contributed by atoms with Crippen LogP contribution >= 0.6 is 0 Å². The lowest BCUT2D eigenvalue weighted by atomic mass is 9.82. The van der Waals surface area contributed by atoms with Crippen LogP contribution in [0.1, 0.15) is 25.0 Å². The quantitative estimate of drug-likeness (QED) is 0.645. The molecule has 5 nitrogen and oxygen atoms in total. The molecule has 0 saturated heterocycles. The molecular formula is C14H16N2O3S. The number of nitrogens with one attached hydrogen (secondary N) is 1. The number of rotatable bonds is 2. The first kappa shape index (κ1) is 14.6. The van der Waals surface area contributed by atoms with Crippen LogP contribution in [0, 0.1) is 16.7 Å². The highest BCUT2D eigenvalue weighted by molar-refractivity contribution is 7.86. The van der Waals surface area contributed by atoms with E-state index in [1.54, 1.807) is 0 Å². The van der Waals surface area contributed by atoms with Gasteiger partial charge in [0.25, 0.3) is 10.1 Å². The number of nitriles is 1. The van der Waals surface area contributed by atoms with Crippen molar-refractivity contribution in [3.05, 3.63) is 29.3 Å². The van der Waals surface area contributed by atoms with Crippen molar-refractivity contribution in [3.8, 4) is 6.07 Å². The Morgan fingerprint density at radius 3 is 2.75 bits per heavy atom. The van der Waals surface area contributed by atoms with Crippen molar-refractivity contribution >= 4 is 21.9 Å². The minimum absolute atomic E-state index is 0.00105. The Hall–Kier alpha value is -1.84. The second kappa shape index (κ2) is 4.93. The van der Waals surface area contributed by atoms with E-state index in [-0.39, 0.29) is 10.3 Å². The van der Waals surface area contributed by atoms with E-state index in [1.165, 1.54) is 18.2 Å². The Morgan fingerprint density at radius 2 is 2.15 bits per heavy atom. The third-order valence-corrected chi connectivity index (χ3v) is 4.12. The van der Waals surface area contributed by atoms with Gasteiger partial charge in [-0.15, -0.1) is 0 Å². The summed E-state index contributed by atoms with van der Waals surface area (Å²) in [7, 11) is -4.31. The second-order valence-electron chi connectivity index (χ2n) is 5.69. The Labute approximate surface area is 118 Å². The van der Waals surface area contributed by atoms with Gasteiger partial charge in [0.1, 0.15) is 4.90 Å². The zero-order valence-corrected chi connectivity index (χ0v) is 12.2. The van der Waals surface area contributed by atoms with Crippen LogP contribution in [0.5, 0.6) is 0 Å². The fraction of sp³-hybridized carbons (Fsp3) is 0.357. The third-order valence-electron chi connectivity index (χ3n) is 3.25. The summed E-state index contributed by atoms with van der Waals surface area (Å²) in [6, 6.07) is 5.07. The van der Waals surface area contributed by atoms with Crippen LogP contribution in [-0.4, -0.2) is 19.5 Å². The molecule has 0 bridgehead atoms. The Kier molecular flexibility index (Phi) is 3.59. The monoisotopic (exact) mass is 292 g/mol. The van der Waals surface area contributed by atoms with Crippen LogP contribution in [0.3, 0.4) is 0 Å². The second-order valence-corrected chi connectivity index (χ2v) is 7.08. The smallest absolute Gasteiger partial charge is 0.296 e. The van der Waals surface area contributed by atoms with E-state index in [2.05, 4.69) is 19.2 Å². The van der Waals surface area contributed by atoms with Gasteiger partial charge in [-0.2, -0.15) is 13.7 Å². The summed E-state index contributed by atoms with van der Waals surface area (Å²) in [5, 5.41) is 11.6. The zero-order chi connectivity index (χ0) is 15.0. The molecule has 6 heteroatoms. The molecule has 106 valence electrons. The summed E-state index contributed by atoms with van der Waals surface area (Å²) in [5.41, 5.74) is 1.87. The van der Waals surface area contributed by atoms with Crippen LogP contribution in [0.2, 0.25) is 0 Å². The van der Waals surface area contributed by atoms with E-state index in [9.17, 15) is 13.0 Å². The van der Waals surface area contributed by atoms with Crippen LogP contribution in [0.4, 0.5) is 5.69 Å². The van der Waals surface area contributed by atoms with Crippen LogP contribution in [0.15, 0.2) is 23.1 Å². The van der Waals surface area contributed by atoms with Crippen molar-refractivity contribution in [1.82, 2.24) is 0 Å².